The molecule has 0 unspecified atom stereocenters. The third kappa shape index (κ3) is 1.52. The van der Waals surface area contributed by atoms with Crippen molar-refractivity contribution in [2.75, 3.05) is 0 Å². The summed E-state index contributed by atoms with van der Waals surface area (Å²) >= 11 is 0. The maximum atomic E-state index is 12.1. The molecule has 1 aliphatic carbocycles. The minimum atomic E-state index is -0.368. The van der Waals surface area contributed by atoms with Gasteiger partial charge in [-0.3, -0.25) is 9.59 Å². The second-order valence-electron chi connectivity index (χ2n) is 4.40. The smallest absolute Gasteiger partial charge is 0.221 e. The molecule has 0 bridgehead atoms. The largest absolute Gasteiger partial charge is 0.369 e. The third-order valence-electron chi connectivity index (χ3n) is 3.17. The Balaban J connectivity index is 2.17. The van der Waals surface area contributed by atoms with E-state index in [1.807, 2.05) is 30.3 Å². The van der Waals surface area contributed by atoms with Crippen molar-refractivity contribution in [1.82, 2.24) is 0 Å². The number of ketones is 1. The van der Waals surface area contributed by atoms with E-state index in [9.17, 15) is 9.59 Å². The summed E-state index contributed by atoms with van der Waals surface area (Å²) in [7, 11) is 0. The lowest BCUT2D eigenvalue weighted by Gasteiger charge is -2.03. The molecule has 2 aromatic rings. The van der Waals surface area contributed by atoms with Gasteiger partial charge in [-0.05, 0) is 22.8 Å². The molecule has 0 saturated carbocycles. The van der Waals surface area contributed by atoms with E-state index in [2.05, 4.69) is 0 Å². The van der Waals surface area contributed by atoms with Crippen molar-refractivity contribution in [3.63, 3.8) is 0 Å². The van der Waals surface area contributed by atoms with Crippen LogP contribution >= 0.6 is 0 Å². The third-order valence-corrected chi connectivity index (χ3v) is 3.17. The molecular formula is C15H11NO2. The molecular weight excluding hydrogens is 226 g/mol. The number of primary amides is 1. The van der Waals surface area contributed by atoms with E-state index in [4.69, 9.17) is 5.73 Å². The van der Waals surface area contributed by atoms with Crippen molar-refractivity contribution < 1.29 is 9.59 Å². The van der Waals surface area contributed by atoms with Crippen LogP contribution in [0.1, 0.15) is 21.5 Å². The molecule has 0 aliphatic heterocycles. The summed E-state index contributed by atoms with van der Waals surface area (Å²) in [5, 5.41) is 0. The highest BCUT2D eigenvalue weighted by Crippen LogP contribution is 2.36. The molecule has 2 aromatic carbocycles. The van der Waals surface area contributed by atoms with Crippen molar-refractivity contribution in [2.24, 2.45) is 5.73 Å². The van der Waals surface area contributed by atoms with Crippen LogP contribution in [0.2, 0.25) is 0 Å². The van der Waals surface area contributed by atoms with Crippen molar-refractivity contribution in [1.29, 1.82) is 0 Å². The zero-order chi connectivity index (χ0) is 12.7. The molecule has 3 heteroatoms. The summed E-state index contributed by atoms with van der Waals surface area (Å²) < 4.78 is 0. The molecule has 3 nitrogen and oxygen atoms in total. The number of hydrogen-bond donors (Lipinski definition) is 1. The van der Waals surface area contributed by atoms with Crippen LogP contribution in [0.3, 0.4) is 0 Å². The molecule has 0 spiro atoms. The fourth-order valence-corrected chi connectivity index (χ4v) is 2.38. The van der Waals surface area contributed by atoms with Crippen LogP contribution in [0.4, 0.5) is 0 Å². The van der Waals surface area contributed by atoms with Gasteiger partial charge >= 0.3 is 0 Å². The zero-order valence-corrected chi connectivity index (χ0v) is 9.64. The van der Waals surface area contributed by atoms with Gasteiger partial charge in [0.15, 0.2) is 5.78 Å². The summed E-state index contributed by atoms with van der Waals surface area (Å²) in [6.07, 6.45) is 0.198. The molecule has 0 saturated heterocycles. The maximum Gasteiger partial charge on any atom is 0.221 e. The Labute approximate surface area is 104 Å². The highest BCUT2D eigenvalue weighted by atomic mass is 16.1. The Kier molecular flexibility index (Phi) is 2.27. The number of carbonyl (C=O) groups excluding carboxylic acids is 2. The average Bonchev–Trinajstić information content (AvgIpc) is 2.63. The van der Waals surface area contributed by atoms with Gasteiger partial charge in [0, 0.05) is 11.1 Å². The molecule has 0 aromatic heterocycles. The lowest BCUT2D eigenvalue weighted by Crippen LogP contribution is -2.13. The maximum absolute atomic E-state index is 12.1. The summed E-state index contributed by atoms with van der Waals surface area (Å²) in [5.74, 6) is -0.321. The van der Waals surface area contributed by atoms with E-state index in [1.54, 1.807) is 12.1 Å². The van der Waals surface area contributed by atoms with Gasteiger partial charge in [-0.2, -0.15) is 0 Å². The van der Waals surface area contributed by atoms with Gasteiger partial charge in [0.2, 0.25) is 5.91 Å². The second kappa shape index (κ2) is 3.81. The van der Waals surface area contributed by atoms with Gasteiger partial charge in [0.1, 0.15) is 0 Å². The molecule has 1 amide bonds. The van der Waals surface area contributed by atoms with E-state index in [0.29, 0.717) is 5.56 Å². The second-order valence-corrected chi connectivity index (χ2v) is 4.40. The Hall–Kier alpha value is -2.42. The number of nitrogens with two attached hydrogens (primary N) is 1. The van der Waals surface area contributed by atoms with Crippen LogP contribution in [0.5, 0.6) is 0 Å². The standard InChI is InChI=1S/C15H11NO2/c16-14(17)8-9-5-6-12-13(7-9)10-3-1-2-4-11(10)15(12)18/h1-7H,8H2,(H2,16,17). The lowest BCUT2D eigenvalue weighted by atomic mass is 10.0. The van der Waals surface area contributed by atoms with Crippen molar-refractivity contribution in [2.45, 2.75) is 6.42 Å². The first-order chi connectivity index (χ1) is 8.66. The summed E-state index contributed by atoms with van der Waals surface area (Å²) in [6, 6.07) is 12.9. The highest BCUT2D eigenvalue weighted by Gasteiger charge is 2.26. The molecule has 0 atom stereocenters. The minimum absolute atomic E-state index is 0.0474. The van der Waals surface area contributed by atoms with Crippen LogP contribution in [0.25, 0.3) is 11.1 Å². The Bertz CT molecular complexity index is 674. The first kappa shape index (κ1) is 10.7. The quantitative estimate of drug-likeness (QED) is 0.740. The number of hydrogen-bond acceptors (Lipinski definition) is 2. The molecule has 3 rings (SSSR count). The van der Waals surface area contributed by atoms with Gasteiger partial charge in [-0.25, -0.2) is 0 Å². The van der Waals surface area contributed by atoms with E-state index in [-0.39, 0.29) is 18.1 Å². The van der Waals surface area contributed by atoms with Crippen LogP contribution in [-0.4, -0.2) is 11.7 Å². The van der Waals surface area contributed by atoms with Crippen LogP contribution in [0.15, 0.2) is 42.5 Å². The van der Waals surface area contributed by atoms with Gasteiger partial charge in [0.25, 0.3) is 0 Å². The van der Waals surface area contributed by atoms with Crippen LogP contribution in [-0.2, 0) is 11.2 Å². The first-order valence-corrected chi connectivity index (χ1v) is 5.72. The van der Waals surface area contributed by atoms with Crippen LogP contribution < -0.4 is 5.73 Å². The summed E-state index contributed by atoms with van der Waals surface area (Å²) in [5.41, 5.74) is 9.28. The lowest BCUT2D eigenvalue weighted by molar-refractivity contribution is -0.117. The Morgan fingerprint density at radius 2 is 1.61 bits per heavy atom. The number of amides is 1. The SMILES string of the molecule is NC(=O)Cc1ccc2c(c1)-c1ccccc1C2=O. The molecule has 18 heavy (non-hydrogen) atoms. The predicted molar refractivity (Wildman–Crippen MR) is 68.2 cm³/mol. The number of carbonyl (C=O) groups is 2. The molecule has 0 fully saturated rings. The zero-order valence-electron chi connectivity index (χ0n) is 9.64. The molecule has 1 aliphatic rings. The predicted octanol–water partition coefficient (Wildman–Crippen LogP) is 1.93. The first-order valence-electron chi connectivity index (χ1n) is 5.72. The van der Waals surface area contributed by atoms with Crippen molar-refractivity contribution in [3.05, 3.63) is 59.2 Å². The minimum Gasteiger partial charge on any atom is -0.369 e. The van der Waals surface area contributed by atoms with Crippen molar-refractivity contribution in [3.8, 4) is 11.1 Å². The summed E-state index contributed by atoms with van der Waals surface area (Å²) in [4.78, 5) is 23.1. The van der Waals surface area contributed by atoms with E-state index >= 15 is 0 Å². The Morgan fingerprint density at radius 3 is 2.33 bits per heavy atom. The highest BCUT2D eigenvalue weighted by molar-refractivity contribution is 6.21. The van der Waals surface area contributed by atoms with E-state index in [1.165, 1.54) is 0 Å². The van der Waals surface area contributed by atoms with Gasteiger partial charge < -0.3 is 5.73 Å². The van der Waals surface area contributed by atoms with E-state index < -0.39 is 0 Å². The molecule has 0 radical (unpaired) electrons. The fourth-order valence-electron chi connectivity index (χ4n) is 2.38. The Morgan fingerprint density at radius 1 is 0.944 bits per heavy atom. The molecule has 2 N–H and O–H groups in total. The monoisotopic (exact) mass is 237 g/mol. The van der Waals surface area contributed by atoms with E-state index in [0.717, 1.165) is 22.3 Å². The summed E-state index contributed by atoms with van der Waals surface area (Å²) in [6.45, 7) is 0. The molecule has 0 heterocycles. The number of rotatable bonds is 2. The van der Waals surface area contributed by atoms with Gasteiger partial charge in [-0.15, -0.1) is 0 Å². The number of benzene rings is 2. The fraction of sp³-hybridized carbons (Fsp3) is 0.0667. The normalized spacial score (nSPS) is 12.1. The average molecular weight is 237 g/mol. The number of fused-ring (bicyclic) bond motifs is 3. The van der Waals surface area contributed by atoms with Crippen LogP contribution in [0, 0.1) is 0 Å². The van der Waals surface area contributed by atoms with Crippen molar-refractivity contribution >= 4 is 11.7 Å². The topological polar surface area (TPSA) is 60.2 Å². The van der Waals surface area contributed by atoms with Gasteiger partial charge in [0.05, 0.1) is 6.42 Å². The molecule has 88 valence electrons. The van der Waals surface area contributed by atoms with Gasteiger partial charge in [-0.1, -0.05) is 36.4 Å².